The second kappa shape index (κ2) is 11.4. The molecule has 0 spiro atoms. The fourth-order valence-electron chi connectivity index (χ4n) is 3.24. The second-order valence-electron chi connectivity index (χ2n) is 8.23. The minimum atomic E-state index is -4.57. The topological polar surface area (TPSA) is 195 Å². The molecule has 1 saturated heterocycles. The van der Waals surface area contributed by atoms with Crippen LogP contribution < -0.4 is 15.9 Å². The molecular weight excluding hydrogens is 511 g/mol. The highest BCUT2D eigenvalue weighted by molar-refractivity contribution is 7.49. The maximum atomic E-state index is 13.5. The molecule has 4 N–H and O–H groups in total. The molecule has 0 aliphatic carbocycles. The van der Waals surface area contributed by atoms with Crippen molar-refractivity contribution in [3.8, 4) is 18.1 Å². The summed E-state index contributed by atoms with van der Waals surface area (Å²) in [5.74, 6) is 1.06. The van der Waals surface area contributed by atoms with Crippen LogP contribution in [0.4, 0.5) is 5.82 Å². The lowest BCUT2D eigenvalue weighted by molar-refractivity contribution is -0.156. The van der Waals surface area contributed by atoms with Crippen molar-refractivity contribution in [1.29, 1.82) is 0 Å². The molecule has 0 amide bonds. The van der Waals surface area contributed by atoms with Crippen LogP contribution in [0.2, 0.25) is 0 Å². The Bertz CT molecular complexity index is 1250. The number of benzene rings is 1. The number of anilines is 1. The molecule has 3 rings (SSSR count). The Morgan fingerprint density at radius 3 is 2.62 bits per heavy atom. The number of rotatable bonds is 10. The third kappa shape index (κ3) is 6.53. The van der Waals surface area contributed by atoms with Crippen LogP contribution in [-0.2, 0) is 27.9 Å². The van der Waals surface area contributed by atoms with Crippen molar-refractivity contribution in [3.63, 3.8) is 0 Å². The molecule has 1 aromatic carbocycles. The zero-order valence-corrected chi connectivity index (χ0v) is 21.1. The summed E-state index contributed by atoms with van der Waals surface area (Å²) in [6.45, 7) is 3.82. The Labute approximate surface area is 211 Å². The van der Waals surface area contributed by atoms with E-state index < -0.39 is 62.3 Å². The summed E-state index contributed by atoms with van der Waals surface area (Å²) in [7, 11) is -4.57. The van der Waals surface area contributed by atoms with Gasteiger partial charge in [-0.15, -0.1) is 6.42 Å². The van der Waals surface area contributed by atoms with Crippen molar-refractivity contribution < 1.29 is 42.6 Å². The molecule has 200 valence electrons. The number of phosphoric acid groups is 1. The van der Waals surface area contributed by atoms with E-state index in [1.807, 2.05) is 5.92 Å². The Hall–Kier alpha value is -3.31. The Kier molecular flexibility index (Phi) is 8.70. The Balaban J connectivity index is 1.83. The number of nitrogens with zero attached hydrogens (tertiary/aromatic N) is 3. The number of esters is 1. The first-order chi connectivity index (χ1) is 17.4. The SMILES string of the molecule is C#CC1(O)[C@@H](O)[C@@H](CO[P@](=O)(Oc2ccccc2)O[C@@H](C)C(=O)OC(C)C)O[C@H]1n1ncc(N)nc1=O. The van der Waals surface area contributed by atoms with Crippen LogP contribution >= 0.6 is 7.82 Å². The second-order valence-corrected chi connectivity index (χ2v) is 9.78. The molecule has 0 radical (unpaired) electrons. The lowest BCUT2D eigenvalue weighted by Gasteiger charge is -2.25. The predicted octanol–water partition coefficient (Wildman–Crippen LogP) is 0.404. The van der Waals surface area contributed by atoms with E-state index in [4.69, 9.17) is 35.2 Å². The number of hydrogen-bond donors (Lipinski definition) is 3. The van der Waals surface area contributed by atoms with Crippen LogP contribution in [0.5, 0.6) is 5.75 Å². The van der Waals surface area contributed by atoms with E-state index in [1.54, 1.807) is 32.0 Å². The van der Waals surface area contributed by atoms with Crippen molar-refractivity contribution in [1.82, 2.24) is 14.8 Å². The number of para-hydroxylation sites is 1. The molecule has 37 heavy (non-hydrogen) atoms. The first kappa shape index (κ1) is 28.3. The van der Waals surface area contributed by atoms with E-state index in [0.717, 1.165) is 6.20 Å². The first-order valence-corrected chi connectivity index (χ1v) is 12.5. The Morgan fingerprint density at radius 1 is 1.35 bits per heavy atom. The summed E-state index contributed by atoms with van der Waals surface area (Å²) in [6.07, 6.45) is -0.383. The van der Waals surface area contributed by atoms with Gasteiger partial charge in [-0.05, 0) is 32.9 Å². The number of ether oxygens (including phenoxy) is 2. The molecule has 6 atom stereocenters. The van der Waals surface area contributed by atoms with Gasteiger partial charge in [0.1, 0.15) is 23.8 Å². The maximum absolute atomic E-state index is 13.5. The van der Waals surface area contributed by atoms with E-state index in [0.29, 0.717) is 4.68 Å². The molecule has 1 aliphatic rings. The van der Waals surface area contributed by atoms with Gasteiger partial charge in [-0.1, -0.05) is 24.1 Å². The number of aromatic nitrogens is 3. The average molecular weight is 538 g/mol. The molecular formula is C22H27N4O10P. The van der Waals surface area contributed by atoms with Crippen molar-refractivity contribution >= 4 is 19.6 Å². The third-order valence-corrected chi connectivity index (χ3v) is 6.47. The van der Waals surface area contributed by atoms with Gasteiger partial charge in [0.05, 0.1) is 18.9 Å². The largest absolute Gasteiger partial charge is 0.530 e. The summed E-state index contributed by atoms with van der Waals surface area (Å²) in [5, 5.41) is 25.4. The number of aliphatic hydroxyl groups excluding tert-OH is 1. The van der Waals surface area contributed by atoms with Gasteiger partial charge in [-0.2, -0.15) is 14.8 Å². The van der Waals surface area contributed by atoms with E-state index >= 15 is 0 Å². The van der Waals surface area contributed by atoms with E-state index in [-0.39, 0.29) is 11.6 Å². The minimum Gasteiger partial charge on any atom is -0.461 e. The summed E-state index contributed by atoms with van der Waals surface area (Å²) in [4.78, 5) is 27.9. The van der Waals surface area contributed by atoms with Crippen molar-refractivity contribution in [2.24, 2.45) is 0 Å². The molecule has 2 heterocycles. The van der Waals surface area contributed by atoms with Gasteiger partial charge >= 0.3 is 19.5 Å². The van der Waals surface area contributed by atoms with Crippen molar-refractivity contribution in [2.45, 2.75) is 57.0 Å². The zero-order chi connectivity index (χ0) is 27.4. The first-order valence-electron chi connectivity index (χ1n) is 11.0. The lowest BCUT2D eigenvalue weighted by atomic mass is 9.95. The zero-order valence-electron chi connectivity index (χ0n) is 20.2. The summed E-state index contributed by atoms with van der Waals surface area (Å²) in [5.41, 5.74) is 1.97. The number of carbonyl (C=O) groups excluding carboxylic acids is 1. The molecule has 0 bridgehead atoms. The highest BCUT2D eigenvalue weighted by Gasteiger charge is 2.57. The summed E-state index contributed by atoms with van der Waals surface area (Å²) < 4.78 is 40.9. The number of phosphoric ester groups is 1. The van der Waals surface area contributed by atoms with E-state index in [9.17, 15) is 24.4 Å². The quantitative estimate of drug-likeness (QED) is 0.214. The van der Waals surface area contributed by atoms with Gasteiger partial charge in [-0.25, -0.2) is 14.2 Å². The minimum absolute atomic E-state index is 0.0878. The molecule has 1 fully saturated rings. The Morgan fingerprint density at radius 2 is 2.03 bits per heavy atom. The molecule has 2 aromatic rings. The monoisotopic (exact) mass is 538 g/mol. The van der Waals surface area contributed by atoms with Gasteiger partial charge in [0.25, 0.3) is 0 Å². The number of nitrogens with two attached hydrogens (primary N) is 1. The van der Waals surface area contributed by atoms with E-state index in [1.165, 1.54) is 19.1 Å². The highest BCUT2D eigenvalue weighted by atomic mass is 31.2. The summed E-state index contributed by atoms with van der Waals surface area (Å²) in [6, 6.07) is 7.83. The van der Waals surface area contributed by atoms with Crippen molar-refractivity contribution in [2.75, 3.05) is 12.3 Å². The van der Waals surface area contributed by atoms with E-state index in [2.05, 4.69) is 10.1 Å². The number of terminal acetylenes is 1. The number of hydrogen-bond acceptors (Lipinski definition) is 13. The van der Waals surface area contributed by atoms with Crippen LogP contribution in [0.3, 0.4) is 0 Å². The van der Waals surface area contributed by atoms with Crippen molar-refractivity contribution in [3.05, 3.63) is 47.0 Å². The van der Waals surface area contributed by atoms with Crippen LogP contribution in [0.15, 0.2) is 41.3 Å². The molecule has 14 nitrogen and oxygen atoms in total. The fraction of sp³-hybridized carbons (Fsp3) is 0.455. The van der Waals surface area contributed by atoms with Gasteiger partial charge < -0.3 is 29.9 Å². The fourth-order valence-corrected chi connectivity index (χ4v) is 4.58. The summed E-state index contributed by atoms with van der Waals surface area (Å²) >= 11 is 0. The molecule has 1 aliphatic heterocycles. The standard InChI is InChI=1S/C22H27N4O10P/c1-5-22(30)18(27)16(34-20(22)26-21(29)25-17(23)11-24-26)12-32-37(31,36-15-9-7-6-8-10-15)35-14(4)19(28)33-13(2)3/h1,6-11,13-14,16,18,20,27,30H,12H2,2-4H3,(H2,23,25,29)/t14-,16+,18-,20+,22?,37-/m0/s1. The van der Waals surface area contributed by atoms with Crippen LogP contribution in [0.25, 0.3) is 0 Å². The maximum Gasteiger partial charge on any atom is 0.530 e. The van der Waals surface area contributed by atoms with Gasteiger partial charge in [0, 0.05) is 0 Å². The molecule has 1 aromatic heterocycles. The van der Waals surface area contributed by atoms with Gasteiger partial charge in [0.15, 0.2) is 12.3 Å². The van der Waals surface area contributed by atoms with Gasteiger partial charge in [-0.3, -0.25) is 9.05 Å². The van der Waals surface area contributed by atoms with Crippen LogP contribution in [0.1, 0.15) is 27.0 Å². The molecule has 15 heteroatoms. The van der Waals surface area contributed by atoms with Crippen LogP contribution in [0, 0.1) is 12.3 Å². The lowest BCUT2D eigenvalue weighted by Crippen LogP contribution is -2.48. The highest BCUT2D eigenvalue weighted by Crippen LogP contribution is 2.51. The molecule has 1 unspecified atom stereocenters. The van der Waals surface area contributed by atoms with Crippen LogP contribution in [-0.4, -0.2) is 67.6 Å². The average Bonchev–Trinajstić information content (AvgIpc) is 3.08. The molecule has 0 saturated carbocycles. The third-order valence-electron chi connectivity index (χ3n) is 5.00. The number of aliphatic hydroxyl groups is 2. The normalized spacial score (nSPS) is 25.7. The van der Waals surface area contributed by atoms with Gasteiger partial charge in [0.2, 0.25) is 5.60 Å². The number of nitrogen functional groups attached to an aromatic ring is 1. The number of carbonyl (C=O) groups is 1. The predicted molar refractivity (Wildman–Crippen MR) is 127 cm³/mol. The smallest absolute Gasteiger partial charge is 0.461 e.